The van der Waals surface area contributed by atoms with E-state index in [4.69, 9.17) is 20.8 Å². The summed E-state index contributed by atoms with van der Waals surface area (Å²) >= 11 is 6.08. The molecule has 3 aromatic rings. The van der Waals surface area contributed by atoms with Gasteiger partial charge in [-0.05, 0) is 60.4 Å². The van der Waals surface area contributed by atoms with Gasteiger partial charge in [0.2, 0.25) is 0 Å². The molecule has 27 heavy (non-hydrogen) atoms. The zero-order chi connectivity index (χ0) is 19.4. The second-order valence-corrected chi connectivity index (χ2v) is 7.05. The fourth-order valence-electron chi connectivity index (χ4n) is 2.61. The molecule has 0 spiro atoms. The number of hydrogen-bond donors (Lipinski definition) is 1. The molecule has 3 rings (SSSR count). The molecule has 140 valence electrons. The SMILES string of the molecule is Cc1c(Cl)cccc1NC(=O)c1ccc(COc2ccc(C(C)C)cc2)o1. The van der Waals surface area contributed by atoms with Gasteiger partial charge in [-0.3, -0.25) is 4.79 Å². The first kappa shape index (κ1) is 19.1. The second-order valence-electron chi connectivity index (χ2n) is 6.64. The lowest BCUT2D eigenvalue weighted by Gasteiger charge is -2.08. The number of furan rings is 1. The van der Waals surface area contributed by atoms with Crippen LogP contribution in [0.5, 0.6) is 5.75 Å². The summed E-state index contributed by atoms with van der Waals surface area (Å²) in [5, 5.41) is 3.41. The molecule has 4 nitrogen and oxygen atoms in total. The Balaban J connectivity index is 1.60. The number of nitrogens with one attached hydrogen (secondary N) is 1. The quantitative estimate of drug-likeness (QED) is 0.551. The number of benzene rings is 2. The third-order valence-corrected chi connectivity index (χ3v) is 4.74. The van der Waals surface area contributed by atoms with Crippen LogP contribution in [-0.2, 0) is 6.61 Å². The van der Waals surface area contributed by atoms with E-state index in [0.29, 0.717) is 22.4 Å². The van der Waals surface area contributed by atoms with Crippen molar-refractivity contribution in [1.29, 1.82) is 0 Å². The van der Waals surface area contributed by atoms with Crippen molar-refractivity contribution in [3.63, 3.8) is 0 Å². The van der Waals surface area contributed by atoms with Crippen LogP contribution in [0.3, 0.4) is 0 Å². The molecule has 0 aliphatic carbocycles. The van der Waals surface area contributed by atoms with Crippen molar-refractivity contribution < 1.29 is 13.9 Å². The monoisotopic (exact) mass is 383 g/mol. The number of carbonyl (C=O) groups is 1. The van der Waals surface area contributed by atoms with Crippen LogP contribution in [0.2, 0.25) is 5.02 Å². The molecule has 0 aliphatic rings. The highest BCUT2D eigenvalue weighted by atomic mass is 35.5. The third kappa shape index (κ3) is 4.72. The highest BCUT2D eigenvalue weighted by Gasteiger charge is 2.13. The number of amides is 1. The van der Waals surface area contributed by atoms with Crippen molar-refractivity contribution in [2.45, 2.75) is 33.3 Å². The van der Waals surface area contributed by atoms with Crippen LogP contribution in [0.15, 0.2) is 59.0 Å². The maximum atomic E-state index is 12.4. The molecule has 0 radical (unpaired) electrons. The van der Waals surface area contributed by atoms with E-state index < -0.39 is 0 Å². The first-order chi connectivity index (χ1) is 12.9. The van der Waals surface area contributed by atoms with Gasteiger partial charge in [-0.2, -0.15) is 0 Å². The fourth-order valence-corrected chi connectivity index (χ4v) is 2.78. The molecule has 0 fully saturated rings. The van der Waals surface area contributed by atoms with E-state index in [2.05, 4.69) is 19.2 Å². The zero-order valence-electron chi connectivity index (χ0n) is 15.6. The minimum absolute atomic E-state index is 0.225. The summed E-state index contributed by atoms with van der Waals surface area (Å²) < 4.78 is 11.3. The predicted molar refractivity (Wildman–Crippen MR) is 108 cm³/mol. The molecule has 1 amide bonds. The van der Waals surface area contributed by atoms with Crippen LogP contribution in [0.1, 0.15) is 47.2 Å². The lowest BCUT2D eigenvalue weighted by Crippen LogP contribution is -2.12. The molecule has 0 atom stereocenters. The molecule has 1 heterocycles. The van der Waals surface area contributed by atoms with Crippen LogP contribution in [0.25, 0.3) is 0 Å². The van der Waals surface area contributed by atoms with E-state index >= 15 is 0 Å². The topological polar surface area (TPSA) is 51.5 Å². The summed E-state index contributed by atoms with van der Waals surface area (Å²) in [6.45, 7) is 6.40. The number of hydrogen-bond acceptors (Lipinski definition) is 3. The smallest absolute Gasteiger partial charge is 0.291 e. The molecule has 2 aromatic carbocycles. The third-order valence-electron chi connectivity index (χ3n) is 4.33. The number of ether oxygens (including phenoxy) is 1. The van der Waals surface area contributed by atoms with E-state index in [0.717, 1.165) is 11.3 Å². The molecule has 0 saturated heterocycles. The minimum Gasteiger partial charge on any atom is -0.486 e. The Hall–Kier alpha value is -2.72. The first-order valence-corrected chi connectivity index (χ1v) is 9.20. The van der Waals surface area contributed by atoms with Crippen molar-refractivity contribution in [3.8, 4) is 5.75 Å². The summed E-state index contributed by atoms with van der Waals surface area (Å²) in [6, 6.07) is 16.7. The molecule has 1 N–H and O–H groups in total. The highest BCUT2D eigenvalue weighted by Crippen LogP contribution is 2.24. The van der Waals surface area contributed by atoms with Crippen LogP contribution in [0.4, 0.5) is 5.69 Å². The predicted octanol–water partition coefficient (Wildman–Crippen LogP) is 6.20. The Labute approximate surface area is 164 Å². The van der Waals surface area contributed by atoms with Gasteiger partial charge in [-0.15, -0.1) is 0 Å². The van der Waals surface area contributed by atoms with E-state index in [9.17, 15) is 4.79 Å². The number of halogens is 1. The average Bonchev–Trinajstić information content (AvgIpc) is 3.13. The van der Waals surface area contributed by atoms with Crippen LogP contribution < -0.4 is 10.1 Å². The normalized spacial score (nSPS) is 10.9. The summed E-state index contributed by atoms with van der Waals surface area (Å²) in [6.07, 6.45) is 0. The largest absolute Gasteiger partial charge is 0.486 e. The highest BCUT2D eigenvalue weighted by molar-refractivity contribution is 6.31. The molecule has 0 saturated carbocycles. The Morgan fingerprint density at radius 2 is 1.85 bits per heavy atom. The lowest BCUT2D eigenvalue weighted by molar-refractivity contribution is 0.0992. The van der Waals surface area contributed by atoms with Gasteiger partial charge in [-0.25, -0.2) is 0 Å². The van der Waals surface area contributed by atoms with Crippen LogP contribution in [-0.4, -0.2) is 5.91 Å². The van der Waals surface area contributed by atoms with Crippen molar-refractivity contribution in [2.75, 3.05) is 5.32 Å². The maximum absolute atomic E-state index is 12.4. The molecule has 1 aromatic heterocycles. The van der Waals surface area contributed by atoms with Gasteiger partial charge < -0.3 is 14.5 Å². The van der Waals surface area contributed by atoms with Crippen molar-refractivity contribution in [1.82, 2.24) is 0 Å². The Kier molecular flexibility index (Phi) is 5.87. The standard InChI is InChI=1S/C22H22ClNO3/c1-14(2)16-7-9-17(10-8-16)26-13-18-11-12-21(27-18)22(25)24-20-6-4-5-19(23)15(20)3/h4-12,14H,13H2,1-3H3,(H,24,25). The number of carbonyl (C=O) groups excluding carboxylic acids is 1. The van der Waals surface area contributed by atoms with Gasteiger partial charge in [0, 0.05) is 10.7 Å². The molecular formula is C22H22ClNO3. The average molecular weight is 384 g/mol. The lowest BCUT2D eigenvalue weighted by atomic mass is 10.0. The Morgan fingerprint density at radius 3 is 2.56 bits per heavy atom. The van der Waals surface area contributed by atoms with Crippen LogP contribution >= 0.6 is 11.6 Å². The van der Waals surface area contributed by atoms with Gasteiger partial charge in [0.15, 0.2) is 5.76 Å². The molecule has 0 bridgehead atoms. The number of anilines is 1. The van der Waals surface area contributed by atoms with E-state index in [-0.39, 0.29) is 18.3 Å². The van der Waals surface area contributed by atoms with E-state index in [1.807, 2.05) is 31.2 Å². The van der Waals surface area contributed by atoms with Crippen LogP contribution in [0, 0.1) is 6.92 Å². The summed E-state index contributed by atoms with van der Waals surface area (Å²) in [5.74, 6) is 1.72. The van der Waals surface area contributed by atoms with Gasteiger partial charge in [0.05, 0.1) is 0 Å². The molecule has 0 unspecified atom stereocenters. The maximum Gasteiger partial charge on any atom is 0.291 e. The Morgan fingerprint density at radius 1 is 1.11 bits per heavy atom. The minimum atomic E-state index is -0.326. The number of rotatable bonds is 6. The first-order valence-electron chi connectivity index (χ1n) is 8.82. The van der Waals surface area contributed by atoms with E-state index in [1.165, 1.54) is 5.56 Å². The van der Waals surface area contributed by atoms with Crippen molar-refractivity contribution in [3.05, 3.63) is 82.3 Å². The second kappa shape index (κ2) is 8.31. The van der Waals surface area contributed by atoms with Gasteiger partial charge in [0.25, 0.3) is 5.91 Å². The van der Waals surface area contributed by atoms with Gasteiger partial charge in [-0.1, -0.05) is 43.6 Å². The van der Waals surface area contributed by atoms with Crippen molar-refractivity contribution in [2.24, 2.45) is 0 Å². The molecular weight excluding hydrogens is 362 g/mol. The summed E-state index contributed by atoms with van der Waals surface area (Å²) in [7, 11) is 0. The van der Waals surface area contributed by atoms with Crippen molar-refractivity contribution >= 4 is 23.2 Å². The summed E-state index contributed by atoms with van der Waals surface area (Å²) in [5.41, 5.74) is 2.73. The summed E-state index contributed by atoms with van der Waals surface area (Å²) in [4.78, 5) is 12.4. The van der Waals surface area contributed by atoms with Gasteiger partial charge in [0.1, 0.15) is 18.1 Å². The van der Waals surface area contributed by atoms with Gasteiger partial charge >= 0.3 is 0 Å². The molecule has 0 aliphatic heterocycles. The fraction of sp³-hybridized carbons (Fsp3) is 0.227. The zero-order valence-corrected chi connectivity index (χ0v) is 16.3. The molecule has 5 heteroatoms. The Bertz CT molecular complexity index is 929. The van der Waals surface area contributed by atoms with E-state index in [1.54, 1.807) is 30.3 Å².